The first kappa shape index (κ1) is 16.0. The number of rotatable bonds is 3. The lowest BCUT2D eigenvalue weighted by atomic mass is 10.1. The molecule has 2 aromatic rings. The zero-order chi connectivity index (χ0) is 15.6. The van der Waals surface area contributed by atoms with Crippen molar-refractivity contribution in [3.05, 3.63) is 61.5 Å². The summed E-state index contributed by atoms with van der Waals surface area (Å²) in [5, 5.41) is 12.0. The van der Waals surface area contributed by atoms with Crippen LogP contribution in [0.2, 0.25) is 5.02 Å². The average Bonchev–Trinajstić information content (AvgIpc) is 2.39. The third-order valence-corrected chi connectivity index (χ3v) is 3.74. The summed E-state index contributed by atoms with van der Waals surface area (Å²) in [6.45, 7) is 0. The Morgan fingerprint density at radius 2 is 1.67 bits per heavy atom. The molecule has 0 saturated carbocycles. The van der Waals surface area contributed by atoms with Crippen LogP contribution in [0.25, 0.3) is 0 Å². The SMILES string of the molecule is O=C(Nc1ccc(Cl)cc1C(=O)O)c1cc(Br)cc(Br)c1. The molecule has 4 nitrogen and oxygen atoms in total. The molecule has 0 heterocycles. The van der Waals surface area contributed by atoms with Crippen molar-refractivity contribution in [2.24, 2.45) is 0 Å². The number of halogens is 3. The predicted octanol–water partition coefficient (Wildman–Crippen LogP) is 4.82. The number of carbonyl (C=O) groups excluding carboxylic acids is 1. The van der Waals surface area contributed by atoms with E-state index in [4.69, 9.17) is 16.7 Å². The summed E-state index contributed by atoms with van der Waals surface area (Å²) >= 11 is 12.4. The van der Waals surface area contributed by atoms with Crippen molar-refractivity contribution < 1.29 is 14.7 Å². The van der Waals surface area contributed by atoms with E-state index in [1.807, 2.05) is 0 Å². The molecule has 108 valence electrons. The lowest BCUT2D eigenvalue weighted by Gasteiger charge is -2.09. The van der Waals surface area contributed by atoms with Gasteiger partial charge in [-0.1, -0.05) is 43.5 Å². The maximum Gasteiger partial charge on any atom is 0.337 e. The molecule has 0 aromatic heterocycles. The van der Waals surface area contributed by atoms with Gasteiger partial charge >= 0.3 is 5.97 Å². The van der Waals surface area contributed by atoms with Gasteiger partial charge in [-0.25, -0.2) is 4.79 Å². The Morgan fingerprint density at radius 1 is 1.05 bits per heavy atom. The molecule has 0 aliphatic rings. The van der Waals surface area contributed by atoms with Crippen molar-refractivity contribution in [2.75, 3.05) is 5.32 Å². The van der Waals surface area contributed by atoms with Gasteiger partial charge in [-0.3, -0.25) is 4.79 Å². The number of aromatic carboxylic acids is 1. The Labute approximate surface area is 142 Å². The molecule has 2 N–H and O–H groups in total. The quantitative estimate of drug-likeness (QED) is 0.730. The minimum atomic E-state index is -1.16. The number of anilines is 1. The standard InChI is InChI=1S/C14H8Br2ClNO3/c15-8-3-7(4-9(16)5-8)13(19)18-12-2-1-10(17)6-11(12)14(20)21/h1-6H,(H,18,19)(H,20,21). The molecular formula is C14H8Br2ClNO3. The highest BCUT2D eigenvalue weighted by molar-refractivity contribution is 9.11. The summed E-state index contributed by atoms with van der Waals surface area (Å²) in [5.41, 5.74) is 0.514. The van der Waals surface area contributed by atoms with Gasteiger partial charge in [-0.05, 0) is 36.4 Å². The van der Waals surface area contributed by atoms with Crippen LogP contribution in [0.3, 0.4) is 0 Å². The van der Waals surface area contributed by atoms with Gasteiger partial charge in [0.25, 0.3) is 5.91 Å². The van der Waals surface area contributed by atoms with Crippen LogP contribution in [-0.2, 0) is 0 Å². The van der Waals surface area contributed by atoms with E-state index in [2.05, 4.69) is 37.2 Å². The van der Waals surface area contributed by atoms with Crippen LogP contribution in [0.1, 0.15) is 20.7 Å². The van der Waals surface area contributed by atoms with Crippen molar-refractivity contribution in [1.29, 1.82) is 0 Å². The Bertz CT molecular complexity index is 714. The van der Waals surface area contributed by atoms with E-state index in [-0.39, 0.29) is 16.3 Å². The van der Waals surface area contributed by atoms with Gasteiger partial charge in [0.05, 0.1) is 11.3 Å². The van der Waals surface area contributed by atoms with Crippen molar-refractivity contribution in [2.45, 2.75) is 0 Å². The third-order valence-electron chi connectivity index (χ3n) is 2.58. The van der Waals surface area contributed by atoms with Gasteiger partial charge in [0.15, 0.2) is 0 Å². The fraction of sp³-hybridized carbons (Fsp3) is 0. The third kappa shape index (κ3) is 4.06. The van der Waals surface area contributed by atoms with Crippen LogP contribution in [0.15, 0.2) is 45.3 Å². The summed E-state index contributed by atoms with van der Waals surface area (Å²) in [6, 6.07) is 9.32. The lowest BCUT2D eigenvalue weighted by molar-refractivity contribution is 0.0698. The van der Waals surface area contributed by atoms with E-state index in [0.29, 0.717) is 5.56 Å². The van der Waals surface area contributed by atoms with Crippen molar-refractivity contribution in [3.63, 3.8) is 0 Å². The molecule has 21 heavy (non-hydrogen) atoms. The number of carbonyl (C=O) groups is 2. The molecule has 0 fully saturated rings. The number of hydrogen-bond acceptors (Lipinski definition) is 2. The molecule has 0 unspecified atom stereocenters. The molecule has 0 bridgehead atoms. The second kappa shape index (κ2) is 6.60. The molecule has 0 atom stereocenters. The van der Waals surface area contributed by atoms with Crippen LogP contribution in [0.5, 0.6) is 0 Å². The van der Waals surface area contributed by atoms with Crippen LogP contribution in [-0.4, -0.2) is 17.0 Å². The maximum absolute atomic E-state index is 12.2. The van der Waals surface area contributed by atoms with Gasteiger partial charge in [0, 0.05) is 19.5 Å². The number of nitrogens with one attached hydrogen (secondary N) is 1. The van der Waals surface area contributed by atoms with Crippen LogP contribution in [0.4, 0.5) is 5.69 Å². The van der Waals surface area contributed by atoms with E-state index >= 15 is 0 Å². The Hall–Kier alpha value is -1.37. The first-order valence-electron chi connectivity index (χ1n) is 5.67. The van der Waals surface area contributed by atoms with Crippen LogP contribution < -0.4 is 5.32 Å². The van der Waals surface area contributed by atoms with Crippen LogP contribution >= 0.6 is 43.5 Å². The van der Waals surface area contributed by atoms with Crippen molar-refractivity contribution >= 4 is 61.0 Å². The monoisotopic (exact) mass is 431 g/mol. The molecule has 0 saturated heterocycles. The van der Waals surface area contributed by atoms with E-state index < -0.39 is 11.9 Å². The predicted molar refractivity (Wildman–Crippen MR) is 88.2 cm³/mol. The molecule has 0 aliphatic carbocycles. The van der Waals surface area contributed by atoms with Gasteiger partial charge in [-0.15, -0.1) is 0 Å². The summed E-state index contributed by atoms with van der Waals surface area (Å²) in [4.78, 5) is 23.4. The highest BCUT2D eigenvalue weighted by Gasteiger charge is 2.14. The Kier molecular flexibility index (Phi) is 5.03. The van der Waals surface area contributed by atoms with Gasteiger partial charge in [0.2, 0.25) is 0 Å². The molecule has 2 rings (SSSR count). The van der Waals surface area contributed by atoms with Crippen LogP contribution in [0, 0.1) is 0 Å². The second-order valence-electron chi connectivity index (χ2n) is 4.11. The molecule has 0 aliphatic heterocycles. The largest absolute Gasteiger partial charge is 0.478 e. The number of benzene rings is 2. The normalized spacial score (nSPS) is 10.2. The highest BCUT2D eigenvalue weighted by Crippen LogP contribution is 2.24. The number of amides is 1. The summed E-state index contributed by atoms with van der Waals surface area (Å²) < 4.78 is 1.47. The minimum Gasteiger partial charge on any atom is -0.478 e. The molecule has 2 aromatic carbocycles. The average molecular weight is 433 g/mol. The van der Waals surface area contributed by atoms with E-state index in [1.165, 1.54) is 18.2 Å². The topological polar surface area (TPSA) is 66.4 Å². The maximum atomic E-state index is 12.2. The fourth-order valence-electron chi connectivity index (χ4n) is 1.68. The summed E-state index contributed by atoms with van der Waals surface area (Å²) in [7, 11) is 0. The molecule has 0 spiro atoms. The Morgan fingerprint density at radius 3 is 2.24 bits per heavy atom. The van der Waals surface area contributed by atoms with E-state index in [9.17, 15) is 9.59 Å². The minimum absolute atomic E-state index is 0.0649. The number of carboxylic acid groups (broad SMARTS) is 1. The number of carboxylic acids is 1. The molecule has 7 heteroatoms. The fourth-order valence-corrected chi connectivity index (χ4v) is 3.15. The van der Waals surface area contributed by atoms with E-state index in [0.717, 1.165) is 8.95 Å². The molecular weight excluding hydrogens is 425 g/mol. The number of hydrogen-bond donors (Lipinski definition) is 2. The highest BCUT2D eigenvalue weighted by atomic mass is 79.9. The molecule has 1 amide bonds. The zero-order valence-corrected chi connectivity index (χ0v) is 14.3. The summed E-state index contributed by atoms with van der Waals surface area (Å²) in [6.07, 6.45) is 0. The first-order valence-corrected chi connectivity index (χ1v) is 7.63. The van der Waals surface area contributed by atoms with E-state index in [1.54, 1.807) is 18.2 Å². The zero-order valence-electron chi connectivity index (χ0n) is 10.4. The van der Waals surface area contributed by atoms with Gasteiger partial charge in [-0.2, -0.15) is 0 Å². The van der Waals surface area contributed by atoms with Crippen molar-refractivity contribution in [1.82, 2.24) is 0 Å². The van der Waals surface area contributed by atoms with Gasteiger partial charge < -0.3 is 10.4 Å². The molecule has 0 radical (unpaired) electrons. The first-order chi connectivity index (χ1) is 9.86. The van der Waals surface area contributed by atoms with Gasteiger partial charge in [0.1, 0.15) is 0 Å². The van der Waals surface area contributed by atoms with Crippen molar-refractivity contribution in [3.8, 4) is 0 Å². The smallest absolute Gasteiger partial charge is 0.337 e. The lowest BCUT2D eigenvalue weighted by Crippen LogP contribution is -2.15. The Balaban J connectivity index is 2.33. The second-order valence-corrected chi connectivity index (χ2v) is 6.38. The summed E-state index contributed by atoms with van der Waals surface area (Å²) in [5.74, 6) is -1.58.